The summed E-state index contributed by atoms with van der Waals surface area (Å²) in [6.45, 7) is 4.12. The molecular weight excluding hydrogens is 286 g/mol. The molecule has 0 bridgehead atoms. The average molecular weight is 306 g/mol. The van der Waals surface area contributed by atoms with Crippen LogP contribution in [0.3, 0.4) is 0 Å². The van der Waals surface area contributed by atoms with Gasteiger partial charge >= 0.3 is 0 Å². The van der Waals surface area contributed by atoms with Crippen molar-refractivity contribution in [3.05, 3.63) is 72.3 Å². The van der Waals surface area contributed by atoms with E-state index >= 15 is 0 Å². The van der Waals surface area contributed by atoms with Crippen LogP contribution in [0, 0.1) is 0 Å². The molecule has 0 heterocycles. The van der Waals surface area contributed by atoms with E-state index in [4.69, 9.17) is 10.5 Å². The van der Waals surface area contributed by atoms with Gasteiger partial charge in [-0.25, -0.2) is 0 Å². The molecule has 0 spiro atoms. The van der Waals surface area contributed by atoms with E-state index in [0.29, 0.717) is 24.3 Å². The number of nitrogens with two attached hydrogens (primary N) is 1. The van der Waals surface area contributed by atoms with Gasteiger partial charge in [0.2, 0.25) is 0 Å². The summed E-state index contributed by atoms with van der Waals surface area (Å²) in [5, 5.41) is 9.99. The van der Waals surface area contributed by atoms with Crippen LogP contribution in [-0.2, 0) is 6.61 Å². The van der Waals surface area contributed by atoms with Crippen LogP contribution in [-0.4, -0.2) is 5.11 Å². The van der Waals surface area contributed by atoms with Gasteiger partial charge in [0, 0.05) is 17.7 Å². The molecule has 2 aromatic rings. The highest BCUT2D eigenvalue weighted by atomic mass is 35.5. The predicted molar refractivity (Wildman–Crippen MR) is 87.9 cm³/mol. The molecule has 0 aromatic heterocycles. The zero-order valence-electron chi connectivity index (χ0n) is 11.7. The third-order valence-corrected chi connectivity index (χ3v) is 3.07. The molecular formula is C17H20ClNO2. The molecule has 0 aliphatic rings. The van der Waals surface area contributed by atoms with Gasteiger partial charge in [-0.1, -0.05) is 42.5 Å². The summed E-state index contributed by atoms with van der Waals surface area (Å²) >= 11 is 0. The van der Waals surface area contributed by atoms with E-state index < -0.39 is 0 Å². The number of hydrogen-bond donors (Lipinski definition) is 2. The number of phenols is 1. The summed E-state index contributed by atoms with van der Waals surface area (Å²) in [6.07, 6.45) is 2.36. The summed E-state index contributed by atoms with van der Waals surface area (Å²) in [6, 6.07) is 14.9. The van der Waals surface area contributed by atoms with E-state index in [2.05, 4.69) is 6.58 Å². The summed E-state index contributed by atoms with van der Waals surface area (Å²) < 4.78 is 5.65. The van der Waals surface area contributed by atoms with Gasteiger partial charge < -0.3 is 15.6 Å². The Kier molecular flexibility index (Phi) is 6.79. The second kappa shape index (κ2) is 8.35. The summed E-state index contributed by atoms with van der Waals surface area (Å²) in [4.78, 5) is 0. The Morgan fingerprint density at radius 3 is 2.52 bits per heavy atom. The molecule has 112 valence electrons. The number of rotatable bonds is 6. The smallest absolute Gasteiger partial charge is 0.124 e. The largest absolute Gasteiger partial charge is 0.507 e. The molecule has 21 heavy (non-hydrogen) atoms. The van der Waals surface area contributed by atoms with Gasteiger partial charge in [-0.2, -0.15) is 0 Å². The van der Waals surface area contributed by atoms with Crippen molar-refractivity contribution in [3.63, 3.8) is 0 Å². The maximum atomic E-state index is 9.99. The topological polar surface area (TPSA) is 55.5 Å². The Hall–Kier alpha value is -1.97. The third-order valence-electron chi connectivity index (χ3n) is 3.07. The molecule has 3 nitrogen and oxygen atoms in total. The normalized spacial score (nSPS) is 11.3. The molecule has 0 aliphatic heterocycles. The highest BCUT2D eigenvalue weighted by Crippen LogP contribution is 2.29. The van der Waals surface area contributed by atoms with Gasteiger partial charge in [0.25, 0.3) is 0 Å². The fourth-order valence-corrected chi connectivity index (χ4v) is 1.97. The number of hydrogen-bond acceptors (Lipinski definition) is 3. The van der Waals surface area contributed by atoms with Gasteiger partial charge in [-0.3, -0.25) is 0 Å². The van der Waals surface area contributed by atoms with E-state index in [1.54, 1.807) is 18.2 Å². The first-order valence-corrected chi connectivity index (χ1v) is 6.57. The van der Waals surface area contributed by atoms with E-state index in [0.717, 1.165) is 5.56 Å². The highest BCUT2D eigenvalue weighted by Gasteiger charge is 2.10. The van der Waals surface area contributed by atoms with Crippen molar-refractivity contribution in [3.8, 4) is 11.5 Å². The molecule has 0 amide bonds. The number of ether oxygens (including phenoxy) is 1. The Morgan fingerprint density at radius 1 is 1.19 bits per heavy atom. The van der Waals surface area contributed by atoms with Crippen LogP contribution in [0.2, 0.25) is 0 Å². The van der Waals surface area contributed by atoms with Gasteiger partial charge in [0.1, 0.15) is 18.1 Å². The lowest BCUT2D eigenvalue weighted by atomic mass is 10.0. The van der Waals surface area contributed by atoms with Crippen LogP contribution < -0.4 is 10.5 Å². The third kappa shape index (κ3) is 4.81. The quantitative estimate of drug-likeness (QED) is 0.794. The van der Waals surface area contributed by atoms with E-state index in [1.165, 1.54) is 0 Å². The number of benzene rings is 2. The molecule has 2 aromatic carbocycles. The fraction of sp³-hybridized carbons (Fsp3) is 0.176. The van der Waals surface area contributed by atoms with Crippen molar-refractivity contribution in [2.45, 2.75) is 19.1 Å². The van der Waals surface area contributed by atoms with Crippen LogP contribution in [0.1, 0.15) is 23.6 Å². The minimum absolute atomic E-state index is 0. The van der Waals surface area contributed by atoms with Gasteiger partial charge in [-0.15, -0.1) is 19.0 Å². The van der Waals surface area contributed by atoms with Crippen molar-refractivity contribution >= 4 is 12.4 Å². The van der Waals surface area contributed by atoms with Crippen LogP contribution in [0.4, 0.5) is 0 Å². The Labute approximate surface area is 131 Å². The van der Waals surface area contributed by atoms with E-state index in [9.17, 15) is 5.11 Å². The lowest BCUT2D eigenvalue weighted by Crippen LogP contribution is -2.09. The lowest BCUT2D eigenvalue weighted by molar-refractivity contribution is 0.304. The van der Waals surface area contributed by atoms with Crippen LogP contribution in [0.25, 0.3) is 0 Å². The zero-order chi connectivity index (χ0) is 14.4. The summed E-state index contributed by atoms with van der Waals surface area (Å²) in [5.41, 5.74) is 7.74. The molecule has 0 unspecified atom stereocenters. The minimum atomic E-state index is -0.240. The summed E-state index contributed by atoms with van der Waals surface area (Å²) in [7, 11) is 0. The molecule has 2 rings (SSSR count). The maximum Gasteiger partial charge on any atom is 0.124 e. The molecule has 3 N–H and O–H groups in total. The Morgan fingerprint density at radius 2 is 1.90 bits per heavy atom. The fourth-order valence-electron chi connectivity index (χ4n) is 1.97. The lowest BCUT2D eigenvalue weighted by Gasteiger charge is -2.13. The number of halogens is 1. The van der Waals surface area contributed by atoms with E-state index in [-0.39, 0.29) is 24.2 Å². The number of aromatic hydroxyl groups is 1. The Balaban J connectivity index is 0.00000220. The molecule has 0 saturated heterocycles. The molecule has 0 fully saturated rings. The maximum absolute atomic E-state index is 9.99. The standard InChI is InChI=1S/C17H19NO2.ClH/c1-2-6-16(18)15-10-9-14(11-17(15)19)20-12-13-7-4-3-5-8-13;/h2-5,7-11,16,19H,1,6,12,18H2;1H/t16-;/m1./s1. The van der Waals surface area contributed by atoms with Gasteiger partial charge in [-0.05, 0) is 18.1 Å². The van der Waals surface area contributed by atoms with Crippen molar-refractivity contribution in [2.24, 2.45) is 5.73 Å². The molecule has 0 saturated carbocycles. The first kappa shape index (κ1) is 17.1. The highest BCUT2D eigenvalue weighted by molar-refractivity contribution is 5.85. The molecule has 0 radical (unpaired) electrons. The van der Waals surface area contributed by atoms with E-state index in [1.807, 2.05) is 36.4 Å². The second-order valence-corrected chi connectivity index (χ2v) is 4.63. The average Bonchev–Trinajstić information content (AvgIpc) is 2.46. The molecule has 1 atom stereocenters. The van der Waals surface area contributed by atoms with Crippen molar-refractivity contribution in [1.82, 2.24) is 0 Å². The Bertz CT molecular complexity index is 572. The first-order valence-electron chi connectivity index (χ1n) is 6.57. The minimum Gasteiger partial charge on any atom is -0.507 e. The SMILES string of the molecule is C=CC[C@@H](N)c1ccc(OCc2ccccc2)cc1O.Cl. The summed E-state index contributed by atoms with van der Waals surface area (Å²) in [5.74, 6) is 0.783. The number of phenolic OH excluding ortho intramolecular Hbond substituents is 1. The van der Waals surface area contributed by atoms with Crippen molar-refractivity contribution in [2.75, 3.05) is 0 Å². The monoisotopic (exact) mass is 305 g/mol. The zero-order valence-corrected chi connectivity index (χ0v) is 12.6. The van der Waals surface area contributed by atoms with Gasteiger partial charge in [0.15, 0.2) is 0 Å². The molecule has 0 aliphatic carbocycles. The van der Waals surface area contributed by atoms with Gasteiger partial charge in [0.05, 0.1) is 0 Å². The second-order valence-electron chi connectivity index (χ2n) is 4.63. The predicted octanol–water partition coefficient (Wildman–Crippen LogP) is 3.97. The van der Waals surface area contributed by atoms with Crippen molar-refractivity contribution < 1.29 is 9.84 Å². The van der Waals surface area contributed by atoms with Crippen LogP contribution in [0.5, 0.6) is 11.5 Å². The molecule has 4 heteroatoms. The van der Waals surface area contributed by atoms with Crippen molar-refractivity contribution in [1.29, 1.82) is 0 Å². The van der Waals surface area contributed by atoms with Crippen LogP contribution in [0.15, 0.2) is 61.2 Å². The first-order chi connectivity index (χ1) is 9.70. The van der Waals surface area contributed by atoms with Crippen LogP contribution >= 0.6 is 12.4 Å².